The number of nitrogens with one attached hydrogen (secondary N) is 2. The highest BCUT2D eigenvalue weighted by Gasteiger charge is 2.19. The molecule has 0 radical (unpaired) electrons. The van der Waals surface area contributed by atoms with Gasteiger partial charge >= 0.3 is 0 Å². The van der Waals surface area contributed by atoms with Gasteiger partial charge in [-0.2, -0.15) is 0 Å². The monoisotopic (exact) mass is 367 g/mol. The van der Waals surface area contributed by atoms with E-state index in [2.05, 4.69) is 39.2 Å². The summed E-state index contributed by atoms with van der Waals surface area (Å²) in [5.74, 6) is 2.45. The van der Waals surface area contributed by atoms with Gasteiger partial charge < -0.3 is 20.0 Å². The highest BCUT2D eigenvalue weighted by Crippen LogP contribution is 2.22. The van der Waals surface area contributed by atoms with Crippen LogP contribution in [0.4, 0.5) is 5.69 Å². The fourth-order valence-electron chi connectivity index (χ4n) is 3.25. The molecule has 0 spiro atoms. The zero-order valence-electron chi connectivity index (χ0n) is 15.8. The zero-order chi connectivity index (χ0) is 18.7. The first kappa shape index (κ1) is 19.0. The average molecular weight is 367 g/mol. The molecule has 1 aliphatic rings. The Morgan fingerprint density at radius 3 is 2.78 bits per heavy atom. The van der Waals surface area contributed by atoms with Crippen LogP contribution in [0, 0.1) is 5.92 Å². The molecule has 3 rings (SSSR count). The van der Waals surface area contributed by atoms with Crippen LogP contribution in [0.3, 0.4) is 0 Å². The van der Waals surface area contributed by atoms with Gasteiger partial charge in [0.25, 0.3) is 0 Å². The number of hydrogen-bond donors (Lipinski definition) is 2. The number of hydrogen-bond acceptors (Lipinski definition) is 4. The van der Waals surface area contributed by atoms with Crippen molar-refractivity contribution in [1.82, 2.24) is 15.6 Å². The van der Waals surface area contributed by atoms with Crippen LogP contribution in [0.1, 0.15) is 18.6 Å². The second-order valence-corrected chi connectivity index (χ2v) is 6.75. The minimum absolute atomic E-state index is 0.621. The SMILES string of the molecule is C=CCNC(=NCC1CCN(c2ccncc2)CC1)NCCc1ccco1. The number of rotatable bonds is 8. The number of piperidine rings is 1. The Morgan fingerprint density at radius 1 is 1.26 bits per heavy atom. The fraction of sp³-hybridized carbons (Fsp3) is 0.429. The van der Waals surface area contributed by atoms with Gasteiger partial charge in [0, 0.05) is 57.2 Å². The summed E-state index contributed by atoms with van der Waals surface area (Å²) < 4.78 is 5.37. The maximum atomic E-state index is 5.37. The predicted molar refractivity (Wildman–Crippen MR) is 110 cm³/mol. The second-order valence-electron chi connectivity index (χ2n) is 6.75. The van der Waals surface area contributed by atoms with Crippen molar-refractivity contribution in [2.75, 3.05) is 37.6 Å². The molecule has 2 aromatic rings. The number of guanidine groups is 1. The van der Waals surface area contributed by atoms with Crippen LogP contribution in [-0.2, 0) is 6.42 Å². The third-order valence-corrected chi connectivity index (χ3v) is 4.81. The standard InChI is InChI=1S/C21H29N5O/c1-2-10-23-21(24-13-7-20-4-3-16-27-20)25-17-18-8-14-26(15-9-18)19-5-11-22-12-6-19/h2-6,11-12,16,18H,1,7-10,13-15,17H2,(H2,23,24,25). The predicted octanol–water partition coefficient (Wildman–Crippen LogP) is 2.85. The molecule has 2 N–H and O–H groups in total. The number of furan rings is 1. The normalized spacial score (nSPS) is 15.6. The van der Waals surface area contributed by atoms with Crippen LogP contribution >= 0.6 is 0 Å². The highest BCUT2D eigenvalue weighted by atomic mass is 16.3. The average Bonchev–Trinajstić information content (AvgIpc) is 3.24. The van der Waals surface area contributed by atoms with Crippen molar-refractivity contribution in [3.8, 4) is 0 Å². The van der Waals surface area contributed by atoms with E-state index in [1.807, 2.05) is 30.6 Å². The molecule has 3 heterocycles. The molecule has 0 aromatic carbocycles. The molecule has 1 saturated heterocycles. The molecular weight excluding hydrogens is 338 g/mol. The lowest BCUT2D eigenvalue weighted by Gasteiger charge is -2.33. The molecule has 0 amide bonds. The van der Waals surface area contributed by atoms with Gasteiger partial charge in [-0.3, -0.25) is 9.98 Å². The number of anilines is 1. The first-order chi connectivity index (χ1) is 13.3. The van der Waals surface area contributed by atoms with Crippen LogP contribution in [0.2, 0.25) is 0 Å². The summed E-state index contributed by atoms with van der Waals surface area (Å²) in [6, 6.07) is 8.07. The number of pyridine rings is 1. The molecule has 2 aromatic heterocycles. The van der Waals surface area contributed by atoms with E-state index in [0.29, 0.717) is 12.5 Å². The highest BCUT2D eigenvalue weighted by molar-refractivity contribution is 5.79. The molecule has 6 nitrogen and oxygen atoms in total. The van der Waals surface area contributed by atoms with Crippen molar-refractivity contribution >= 4 is 11.6 Å². The van der Waals surface area contributed by atoms with Crippen molar-refractivity contribution in [2.45, 2.75) is 19.3 Å². The Bertz CT molecular complexity index is 691. The van der Waals surface area contributed by atoms with E-state index in [1.165, 1.54) is 5.69 Å². The minimum Gasteiger partial charge on any atom is -0.469 e. The smallest absolute Gasteiger partial charge is 0.191 e. The van der Waals surface area contributed by atoms with E-state index in [4.69, 9.17) is 9.41 Å². The molecule has 0 atom stereocenters. The van der Waals surface area contributed by atoms with Gasteiger partial charge in [-0.1, -0.05) is 6.08 Å². The third kappa shape index (κ3) is 6.16. The van der Waals surface area contributed by atoms with Gasteiger partial charge in [0.15, 0.2) is 5.96 Å². The zero-order valence-corrected chi connectivity index (χ0v) is 15.8. The fourth-order valence-corrected chi connectivity index (χ4v) is 3.25. The summed E-state index contributed by atoms with van der Waals surface area (Å²) in [6.45, 7) is 8.26. The second kappa shape index (κ2) is 10.4. The van der Waals surface area contributed by atoms with E-state index in [-0.39, 0.29) is 0 Å². The Labute approximate surface area is 161 Å². The van der Waals surface area contributed by atoms with Crippen molar-refractivity contribution in [3.63, 3.8) is 0 Å². The number of aliphatic imine (C=N–C) groups is 1. The van der Waals surface area contributed by atoms with Crippen LogP contribution in [0.5, 0.6) is 0 Å². The van der Waals surface area contributed by atoms with E-state index in [0.717, 1.165) is 57.2 Å². The third-order valence-electron chi connectivity index (χ3n) is 4.81. The van der Waals surface area contributed by atoms with E-state index in [9.17, 15) is 0 Å². The molecule has 0 bridgehead atoms. The van der Waals surface area contributed by atoms with Gasteiger partial charge in [-0.05, 0) is 43.0 Å². The van der Waals surface area contributed by atoms with Crippen LogP contribution in [0.15, 0.2) is 65.0 Å². The summed E-state index contributed by atoms with van der Waals surface area (Å²) >= 11 is 0. The van der Waals surface area contributed by atoms with Crippen molar-refractivity contribution in [2.24, 2.45) is 10.9 Å². The van der Waals surface area contributed by atoms with Crippen LogP contribution in [0.25, 0.3) is 0 Å². The lowest BCUT2D eigenvalue weighted by Crippen LogP contribution is -2.39. The Hall–Kier alpha value is -2.76. The number of aromatic nitrogens is 1. The van der Waals surface area contributed by atoms with Gasteiger partial charge in [-0.15, -0.1) is 6.58 Å². The maximum Gasteiger partial charge on any atom is 0.191 e. The van der Waals surface area contributed by atoms with Crippen LogP contribution in [-0.4, -0.2) is 43.7 Å². The summed E-state index contributed by atoms with van der Waals surface area (Å²) in [5, 5.41) is 6.68. The first-order valence-corrected chi connectivity index (χ1v) is 9.65. The molecule has 1 fully saturated rings. The topological polar surface area (TPSA) is 65.7 Å². The summed E-state index contributed by atoms with van der Waals surface area (Å²) in [4.78, 5) is 11.3. The Morgan fingerprint density at radius 2 is 2.07 bits per heavy atom. The quantitative estimate of drug-likeness (QED) is 0.427. The lowest BCUT2D eigenvalue weighted by molar-refractivity contribution is 0.414. The lowest BCUT2D eigenvalue weighted by atomic mass is 9.97. The molecule has 0 unspecified atom stereocenters. The van der Waals surface area contributed by atoms with E-state index < -0.39 is 0 Å². The van der Waals surface area contributed by atoms with E-state index >= 15 is 0 Å². The summed E-state index contributed by atoms with van der Waals surface area (Å²) in [7, 11) is 0. The largest absolute Gasteiger partial charge is 0.469 e. The van der Waals surface area contributed by atoms with Crippen molar-refractivity contribution < 1.29 is 4.42 Å². The molecule has 6 heteroatoms. The molecule has 1 aliphatic heterocycles. The molecule has 27 heavy (non-hydrogen) atoms. The number of nitrogens with zero attached hydrogens (tertiary/aromatic N) is 3. The first-order valence-electron chi connectivity index (χ1n) is 9.65. The van der Waals surface area contributed by atoms with Crippen molar-refractivity contribution in [1.29, 1.82) is 0 Å². The molecular formula is C21H29N5O. The molecule has 0 saturated carbocycles. The van der Waals surface area contributed by atoms with Gasteiger partial charge in [0.05, 0.1) is 6.26 Å². The van der Waals surface area contributed by atoms with Crippen LogP contribution < -0.4 is 15.5 Å². The van der Waals surface area contributed by atoms with Crippen molar-refractivity contribution in [3.05, 3.63) is 61.3 Å². The Balaban J connectivity index is 1.45. The van der Waals surface area contributed by atoms with Gasteiger partial charge in [0.2, 0.25) is 0 Å². The summed E-state index contributed by atoms with van der Waals surface area (Å²) in [5.41, 5.74) is 1.26. The molecule has 0 aliphatic carbocycles. The van der Waals surface area contributed by atoms with Gasteiger partial charge in [-0.25, -0.2) is 0 Å². The Kier molecular flexibility index (Phi) is 7.33. The van der Waals surface area contributed by atoms with E-state index in [1.54, 1.807) is 6.26 Å². The maximum absolute atomic E-state index is 5.37. The molecule has 144 valence electrons. The van der Waals surface area contributed by atoms with Gasteiger partial charge in [0.1, 0.15) is 5.76 Å². The minimum atomic E-state index is 0.621. The summed E-state index contributed by atoms with van der Waals surface area (Å²) in [6.07, 6.45) is 10.4.